The van der Waals surface area contributed by atoms with Crippen LogP contribution in [0, 0.1) is 5.41 Å². The summed E-state index contributed by atoms with van der Waals surface area (Å²) < 4.78 is 10.6. The van der Waals surface area contributed by atoms with Crippen LogP contribution in [0.1, 0.15) is 40.3 Å². The summed E-state index contributed by atoms with van der Waals surface area (Å²) in [6, 6.07) is 22.1. The van der Waals surface area contributed by atoms with Crippen molar-refractivity contribution in [2.45, 2.75) is 20.5 Å². The lowest BCUT2D eigenvalue weighted by atomic mass is 9.95. The zero-order chi connectivity index (χ0) is 28.7. The molecular formula is C29H27ClN4O6. The summed E-state index contributed by atoms with van der Waals surface area (Å²) in [4.78, 5) is 53.3. The maximum Gasteiger partial charge on any atom is 0.411 e. The highest BCUT2D eigenvalue weighted by molar-refractivity contribution is 6.31. The second-order valence-corrected chi connectivity index (χ2v) is 9.95. The molecule has 4 rings (SSSR count). The number of aromatic amines is 1. The first-order chi connectivity index (χ1) is 19.1. The highest BCUT2D eigenvalue weighted by Crippen LogP contribution is 2.21. The Morgan fingerprint density at radius 3 is 2.33 bits per heavy atom. The number of carbonyl (C=O) groups excluding carboxylic acids is 4. The van der Waals surface area contributed by atoms with E-state index in [1.165, 1.54) is 12.1 Å². The topological polar surface area (TPSA) is 139 Å². The van der Waals surface area contributed by atoms with E-state index in [4.69, 9.17) is 21.1 Å². The molecule has 0 aliphatic heterocycles. The minimum absolute atomic E-state index is 0.0738. The molecule has 0 atom stereocenters. The normalized spacial score (nSPS) is 11.0. The molecule has 11 heteroatoms. The minimum atomic E-state index is -1.11. The monoisotopic (exact) mass is 562 g/mol. The van der Waals surface area contributed by atoms with Crippen LogP contribution in [-0.4, -0.2) is 35.5 Å². The Balaban J connectivity index is 1.30. The number of aromatic nitrogens is 1. The lowest BCUT2D eigenvalue weighted by Crippen LogP contribution is -2.42. The highest BCUT2D eigenvalue weighted by Gasteiger charge is 2.31. The number of H-pyrrole nitrogens is 1. The van der Waals surface area contributed by atoms with E-state index in [-0.39, 0.29) is 30.2 Å². The lowest BCUT2D eigenvalue weighted by molar-refractivity contribution is -0.157. The zero-order valence-corrected chi connectivity index (χ0v) is 22.5. The third kappa shape index (κ3) is 7.17. The van der Waals surface area contributed by atoms with Crippen molar-refractivity contribution in [3.05, 3.63) is 101 Å². The summed E-state index contributed by atoms with van der Waals surface area (Å²) in [7, 11) is 0. The van der Waals surface area contributed by atoms with Gasteiger partial charge >= 0.3 is 12.1 Å². The predicted molar refractivity (Wildman–Crippen MR) is 150 cm³/mol. The Kier molecular flexibility index (Phi) is 8.70. The quantitative estimate of drug-likeness (QED) is 0.172. The molecule has 3 aromatic carbocycles. The first-order valence-electron chi connectivity index (χ1n) is 12.3. The van der Waals surface area contributed by atoms with Crippen LogP contribution in [0.25, 0.3) is 10.9 Å². The van der Waals surface area contributed by atoms with Crippen molar-refractivity contribution in [1.29, 1.82) is 0 Å². The number of nitrogens with one attached hydrogen (secondary N) is 4. The van der Waals surface area contributed by atoms with Gasteiger partial charge in [0, 0.05) is 15.9 Å². The molecule has 40 heavy (non-hydrogen) atoms. The molecule has 0 radical (unpaired) electrons. The van der Waals surface area contributed by atoms with Crippen LogP contribution >= 0.6 is 11.6 Å². The number of hydrogen-bond donors (Lipinski definition) is 4. The number of hydrazine groups is 1. The Labute approximate surface area is 235 Å². The number of fused-ring (bicyclic) bond motifs is 1. The molecule has 0 unspecified atom stereocenters. The molecule has 0 spiro atoms. The van der Waals surface area contributed by atoms with E-state index < -0.39 is 29.3 Å². The fraction of sp³-hybridized carbons (Fsp3) is 0.172. The summed E-state index contributed by atoms with van der Waals surface area (Å²) in [5, 5.41) is 3.77. The molecule has 0 aliphatic rings. The van der Waals surface area contributed by atoms with Crippen molar-refractivity contribution in [2.24, 2.45) is 5.41 Å². The first kappa shape index (κ1) is 28.2. The van der Waals surface area contributed by atoms with Crippen molar-refractivity contribution in [3.63, 3.8) is 0 Å². The number of amides is 3. The van der Waals surface area contributed by atoms with Crippen molar-refractivity contribution >= 4 is 52.1 Å². The molecule has 206 valence electrons. The Bertz CT molecular complexity index is 1550. The van der Waals surface area contributed by atoms with Crippen LogP contribution in [0.15, 0.2) is 78.9 Å². The Morgan fingerprint density at radius 2 is 1.55 bits per heavy atom. The van der Waals surface area contributed by atoms with Crippen LogP contribution in [0.4, 0.5) is 10.5 Å². The molecule has 10 nitrogen and oxygen atoms in total. The second kappa shape index (κ2) is 12.4. The van der Waals surface area contributed by atoms with Gasteiger partial charge in [-0.05, 0) is 55.8 Å². The first-order valence-corrected chi connectivity index (χ1v) is 12.6. The van der Waals surface area contributed by atoms with Crippen molar-refractivity contribution in [2.75, 3.05) is 11.9 Å². The summed E-state index contributed by atoms with van der Waals surface area (Å²) in [6.45, 7) is 3.04. The zero-order valence-electron chi connectivity index (χ0n) is 21.7. The number of esters is 1. The molecule has 0 aliphatic carbocycles. The molecule has 4 aromatic rings. The van der Waals surface area contributed by atoms with E-state index in [0.29, 0.717) is 10.5 Å². The van der Waals surface area contributed by atoms with E-state index in [0.717, 1.165) is 10.9 Å². The van der Waals surface area contributed by atoms with Crippen LogP contribution in [0.5, 0.6) is 0 Å². The fourth-order valence-electron chi connectivity index (χ4n) is 3.63. The van der Waals surface area contributed by atoms with Gasteiger partial charge in [-0.3, -0.25) is 30.6 Å². The predicted octanol–water partition coefficient (Wildman–Crippen LogP) is 5.21. The van der Waals surface area contributed by atoms with Crippen LogP contribution < -0.4 is 16.2 Å². The number of hydrogen-bond acceptors (Lipinski definition) is 6. The van der Waals surface area contributed by atoms with Gasteiger partial charge in [0.1, 0.15) is 18.9 Å². The van der Waals surface area contributed by atoms with E-state index in [1.807, 2.05) is 30.3 Å². The number of rotatable bonds is 8. The van der Waals surface area contributed by atoms with Gasteiger partial charge in [0.15, 0.2) is 0 Å². The number of carbonyl (C=O) groups is 4. The molecular weight excluding hydrogens is 536 g/mol. The van der Waals surface area contributed by atoms with Crippen molar-refractivity contribution < 1.29 is 28.7 Å². The average molecular weight is 563 g/mol. The third-order valence-corrected chi connectivity index (χ3v) is 6.09. The van der Waals surface area contributed by atoms with Gasteiger partial charge in [-0.1, -0.05) is 54.1 Å². The Hall–Kier alpha value is -4.83. The highest BCUT2D eigenvalue weighted by atomic mass is 35.5. The molecule has 0 saturated carbocycles. The molecule has 3 amide bonds. The summed E-state index contributed by atoms with van der Waals surface area (Å²) in [6.07, 6.45) is -0.870. The average Bonchev–Trinajstić information content (AvgIpc) is 3.37. The minimum Gasteiger partial charge on any atom is -0.460 e. The standard InChI is InChI=1S/C29H27ClN4O6/c1-29(2,27(37)39-16-18-8-4-3-5-9-18)17-40-28(38)32-23-11-7-6-10-21(23)25(35)33-34-26(36)24-15-19-14-20(30)12-13-22(19)31-24/h3-15,31H,16-17H2,1-2H3,(H,32,38)(H,33,35)(H,34,36). The van der Waals surface area contributed by atoms with Gasteiger partial charge in [-0.25, -0.2) is 4.79 Å². The van der Waals surface area contributed by atoms with Crippen LogP contribution in [0.3, 0.4) is 0 Å². The molecule has 1 heterocycles. The van der Waals surface area contributed by atoms with Gasteiger partial charge in [-0.2, -0.15) is 0 Å². The lowest BCUT2D eigenvalue weighted by Gasteiger charge is -2.22. The van der Waals surface area contributed by atoms with Gasteiger partial charge in [0.25, 0.3) is 11.8 Å². The Morgan fingerprint density at radius 1 is 0.850 bits per heavy atom. The van der Waals surface area contributed by atoms with Gasteiger partial charge in [-0.15, -0.1) is 0 Å². The van der Waals surface area contributed by atoms with Crippen molar-refractivity contribution in [1.82, 2.24) is 15.8 Å². The SMILES string of the molecule is CC(C)(COC(=O)Nc1ccccc1C(=O)NNC(=O)c1cc2cc(Cl)ccc2[nH]1)C(=O)OCc1ccccc1. The van der Waals surface area contributed by atoms with E-state index >= 15 is 0 Å². The maximum atomic E-state index is 12.8. The molecule has 0 bridgehead atoms. The van der Waals surface area contributed by atoms with Gasteiger partial charge in [0.05, 0.1) is 16.7 Å². The van der Waals surface area contributed by atoms with Crippen LogP contribution in [0.2, 0.25) is 5.02 Å². The summed E-state index contributed by atoms with van der Waals surface area (Å²) >= 11 is 5.99. The largest absolute Gasteiger partial charge is 0.460 e. The number of ether oxygens (including phenoxy) is 2. The van der Waals surface area contributed by atoms with Crippen molar-refractivity contribution in [3.8, 4) is 0 Å². The number of halogens is 1. The van der Waals surface area contributed by atoms with E-state index in [9.17, 15) is 19.2 Å². The maximum absolute atomic E-state index is 12.8. The van der Waals surface area contributed by atoms with E-state index in [2.05, 4.69) is 21.2 Å². The molecule has 0 saturated heterocycles. The second-order valence-electron chi connectivity index (χ2n) is 9.52. The fourth-order valence-corrected chi connectivity index (χ4v) is 3.81. The number of anilines is 1. The summed E-state index contributed by atoms with van der Waals surface area (Å²) in [5.41, 5.74) is 5.54. The number of para-hydroxylation sites is 1. The summed E-state index contributed by atoms with van der Waals surface area (Å²) in [5.74, 6) is -1.78. The smallest absolute Gasteiger partial charge is 0.411 e. The molecule has 0 fully saturated rings. The third-order valence-electron chi connectivity index (χ3n) is 5.85. The van der Waals surface area contributed by atoms with Gasteiger partial charge in [0.2, 0.25) is 0 Å². The van der Waals surface area contributed by atoms with Crippen LogP contribution in [-0.2, 0) is 20.9 Å². The van der Waals surface area contributed by atoms with E-state index in [1.54, 1.807) is 50.2 Å². The van der Waals surface area contributed by atoms with Gasteiger partial charge < -0.3 is 14.5 Å². The molecule has 1 aromatic heterocycles. The number of benzene rings is 3. The molecule has 4 N–H and O–H groups in total.